The standard InChI is InChI=1S/C34H45FN6O2/c1-21-18-41(19-22(2)38-21)33(36-17-24-6-8-25-14-29(24)34(25,3)4)39-26-9-11-28-31(15-26)37-20-40(32(28)42)13-12-23-7-10-27(43-5)16-30(23)35/h7,9-11,15-16,20-22,24-25,29,38H,6,8,12-14,17-19H2,1-5H3,(H,36,39)/t21-,22+,24-,25-,29-/m0/s1. The number of hydrogen-bond donors (Lipinski definition) is 2. The van der Waals surface area contributed by atoms with Gasteiger partial charge in [0.15, 0.2) is 5.96 Å². The normalized spacial score (nSPS) is 26.7. The Kier molecular flexibility index (Phi) is 8.20. The predicted octanol–water partition coefficient (Wildman–Crippen LogP) is 5.31. The van der Waals surface area contributed by atoms with Crippen LogP contribution in [0, 0.1) is 29.0 Å². The molecule has 1 aromatic heterocycles. The van der Waals surface area contributed by atoms with Crippen LogP contribution >= 0.6 is 0 Å². The van der Waals surface area contributed by atoms with E-state index >= 15 is 0 Å². The lowest BCUT2D eigenvalue weighted by Crippen LogP contribution is -2.57. The molecule has 2 bridgehead atoms. The van der Waals surface area contributed by atoms with Crippen molar-refractivity contribution in [3.8, 4) is 5.75 Å². The van der Waals surface area contributed by atoms with Gasteiger partial charge in [0.1, 0.15) is 11.6 Å². The van der Waals surface area contributed by atoms with Gasteiger partial charge in [-0.25, -0.2) is 9.37 Å². The minimum atomic E-state index is -0.341. The Balaban J connectivity index is 1.20. The van der Waals surface area contributed by atoms with E-state index in [9.17, 15) is 9.18 Å². The summed E-state index contributed by atoms with van der Waals surface area (Å²) in [7, 11) is 1.51. The number of benzene rings is 2. The number of anilines is 1. The number of rotatable bonds is 7. The molecular formula is C34H45FN6O2. The van der Waals surface area contributed by atoms with Crippen LogP contribution in [0.1, 0.15) is 52.5 Å². The van der Waals surface area contributed by atoms with E-state index in [-0.39, 0.29) is 11.4 Å². The summed E-state index contributed by atoms with van der Waals surface area (Å²) in [4.78, 5) is 25.5. The SMILES string of the molecule is COc1ccc(CCn2cnc3cc(NC(=NC[C@@H]4CC[C@H]5C[C@@H]4C5(C)C)N4C[C@@H](C)N[C@@H](C)C4)ccc3c2=O)c(F)c1. The number of nitrogens with zero attached hydrogens (tertiary/aromatic N) is 4. The summed E-state index contributed by atoms with van der Waals surface area (Å²) in [5.41, 5.74) is 2.32. The van der Waals surface area contributed by atoms with Gasteiger partial charge in [-0.05, 0) is 92.5 Å². The number of halogens is 1. The van der Waals surface area contributed by atoms with E-state index in [4.69, 9.17) is 9.73 Å². The minimum Gasteiger partial charge on any atom is -0.497 e. The maximum absolute atomic E-state index is 14.4. The highest BCUT2D eigenvalue weighted by atomic mass is 19.1. The highest BCUT2D eigenvalue weighted by Crippen LogP contribution is 2.61. The minimum absolute atomic E-state index is 0.136. The van der Waals surface area contributed by atoms with Gasteiger partial charge in [-0.15, -0.1) is 0 Å². The fourth-order valence-electron chi connectivity index (χ4n) is 7.73. The molecule has 1 aliphatic heterocycles. The first-order valence-corrected chi connectivity index (χ1v) is 15.8. The molecule has 0 spiro atoms. The summed E-state index contributed by atoms with van der Waals surface area (Å²) in [5.74, 6) is 3.28. The summed E-state index contributed by atoms with van der Waals surface area (Å²) >= 11 is 0. The second-order valence-corrected chi connectivity index (χ2v) is 13.5. The van der Waals surface area contributed by atoms with Crippen LogP contribution in [0.25, 0.3) is 10.9 Å². The number of aromatic nitrogens is 2. The molecule has 8 nitrogen and oxygen atoms in total. The van der Waals surface area contributed by atoms with Crippen LogP contribution in [-0.4, -0.2) is 59.2 Å². The first kappa shape index (κ1) is 29.6. The molecule has 0 unspecified atom stereocenters. The molecule has 3 saturated carbocycles. The smallest absolute Gasteiger partial charge is 0.261 e. The second-order valence-electron chi connectivity index (χ2n) is 13.5. The summed E-state index contributed by atoms with van der Waals surface area (Å²) in [6, 6.07) is 11.2. The number of aryl methyl sites for hydroxylation is 2. The number of methoxy groups -OCH3 is 1. The number of nitrogens with one attached hydrogen (secondary N) is 2. The number of ether oxygens (including phenoxy) is 1. The third kappa shape index (κ3) is 6.01. The zero-order valence-corrected chi connectivity index (χ0v) is 26.1. The molecule has 0 amide bonds. The van der Waals surface area contributed by atoms with Crippen LogP contribution in [0.5, 0.6) is 5.75 Å². The number of hydrogen-bond acceptors (Lipinski definition) is 5. The topological polar surface area (TPSA) is 83.8 Å². The summed E-state index contributed by atoms with van der Waals surface area (Å²) < 4.78 is 21.1. The lowest BCUT2D eigenvalue weighted by atomic mass is 9.45. The van der Waals surface area contributed by atoms with Crippen molar-refractivity contribution in [3.05, 3.63) is 64.5 Å². The molecule has 5 atom stereocenters. The zero-order chi connectivity index (χ0) is 30.3. The van der Waals surface area contributed by atoms with Gasteiger partial charge in [-0.2, -0.15) is 0 Å². The summed E-state index contributed by atoms with van der Waals surface area (Å²) in [6.07, 6.45) is 5.86. The van der Waals surface area contributed by atoms with Gasteiger partial charge >= 0.3 is 0 Å². The highest BCUT2D eigenvalue weighted by Gasteiger charge is 2.53. The van der Waals surface area contributed by atoms with Crippen LogP contribution in [0.3, 0.4) is 0 Å². The Labute approximate surface area is 253 Å². The van der Waals surface area contributed by atoms with Gasteiger partial charge in [0.05, 0.1) is 24.3 Å². The Morgan fingerprint density at radius 3 is 2.65 bits per heavy atom. The van der Waals surface area contributed by atoms with Crippen molar-refractivity contribution in [1.82, 2.24) is 19.8 Å². The number of piperazine rings is 1. The van der Waals surface area contributed by atoms with Crippen LogP contribution in [0.4, 0.5) is 10.1 Å². The molecule has 230 valence electrons. The van der Waals surface area contributed by atoms with Crippen molar-refractivity contribution in [3.63, 3.8) is 0 Å². The lowest BCUT2D eigenvalue weighted by molar-refractivity contribution is -0.101. The van der Waals surface area contributed by atoms with E-state index in [0.717, 1.165) is 43.1 Å². The van der Waals surface area contributed by atoms with E-state index in [1.54, 1.807) is 23.0 Å². The summed E-state index contributed by atoms with van der Waals surface area (Å²) in [6.45, 7) is 12.2. The molecule has 3 aliphatic carbocycles. The third-order valence-corrected chi connectivity index (χ3v) is 10.3. The van der Waals surface area contributed by atoms with Gasteiger partial charge in [-0.1, -0.05) is 19.9 Å². The maximum Gasteiger partial charge on any atom is 0.261 e. The van der Waals surface area contributed by atoms with Gasteiger partial charge in [0, 0.05) is 50.0 Å². The molecule has 43 heavy (non-hydrogen) atoms. The molecule has 7 rings (SSSR count). The molecule has 4 fully saturated rings. The van der Waals surface area contributed by atoms with Gasteiger partial charge in [0.2, 0.25) is 0 Å². The quantitative estimate of drug-likeness (QED) is 0.288. The van der Waals surface area contributed by atoms with Gasteiger partial charge in [-0.3, -0.25) is 14.4 Å². The number of guanidine groups is 1. The van der Waals surface area contributed by atoms with Crippen LogP contribution < -0.4 is 20.9 Å². The molecule has 2 aromatic carbocycles. The molecule has 1 saturated heterocycles. The largest absolute Gasteiger partial charge is 0.497 e. The monoisotopic (exact) mass is 588 g/mol. The van der Waals surface area contributed by atoms with Crippen LogP contribution in [-0.2, 0) is 13.0 Å². The molecular weight excluding hydrogens is 543 g/mol. The first-order valence-electron chi connectivity index (χ1n) is 15.8. The third-order valence-electron chi connectivity index (χ3n) is 10.3. The fourth-order valence-corrected chi connectivity index (χ4v) is 7.73. The molecule has 9 heteroatoms. The average Bonchev–Trinajstić information content (AvgIpc) is 2.98. The summed E-state index contributed by atoms with van der Waals surface area (Å²) in [5, 5.41) is 7.78. The lowest BCUT2D eigenvalue weighted by Gasteiger charge is -2.60. The van der Waals surface area contributed by atoms with Crippen molar-refractivity contribution in [1.29, 1.82) is 0 Å². The second kappa shape index (κ2) is 11.9. The molecule has 2 heterocycles. The highest BCUT2D eigenvalue weighted by molar-refractivity contribution is 5.95. The number of fused-ring (bicyclic) bond motifs is 3. The maximum atomic E-state index is 14.4. The Morgan fingerprint density at radius 1 is 1.16 bits per heavy atom. The Morgan fingerprint density at radius 2 is 1.95 bits per heavy atom. The fraction of sp³-hybridized carbons (Fsp3) is 0.559. The molecule has 0 radical (unpaired) electrons. The van der Waals surface area contributed by atoms with E-state index in [2.05, 4.69) is 48.2 Å². The molecule has 2 N–H and O–H groups in total. The van der Waals surface area contributed by atoms with Crippen molar-refractivity contribution in [2.45, 2.75) is 72.0 Å². The van der Waals surface area contributed by atoms with E-state index in [1.165, 1.54) is 32.4 Å². The van der Waals surface area contributed by atoms with Crippen molar-refractivity contribution in [2.24, 2.45) is 28.2 Å². The molecule has 3 aromatic rings. The Hall–Kier alpha value is -3.46. The van der Waals surface area contributed by atoms with E-state index in [1.807, 2.05) is 18.2 Å². The Bertz CT molecular complexity index is 1560. The van der Waals surface area contributed by atoms with Crippen molar-refractivity contribution < 1.29 is 9.13 Å². The van der Waals surface area contributed by atoms with Crippen LogP contribution in [0.15, 0.2) is 52.5 Å². The molecule has 4 aliphatic rings. The van der Waals surface area contributed by atoms with Crippen molar-refractivity contribution in [2.75, 3.05) is 32.1 Å². The van der Waals surface area contributed by atoms with Crippen molar-refractivity contribution >= 4 is 22.5 Å². The average molecular weight is 589 g/mol. The van der Waals surface area contributed by atoms with E-state index in [0.29, 0.717) is 58.6 Å². The van der Waals surface area contributed by atoms with Gasteiger partial charge in [0.25, 0.3) is 5.56 Å². The first-order chi connectivity index (χ1) is 20.6. The number of aliphatic imine (C=N–C) groups is 1. The van der Waals surface area contributed by atoms with Gasteiger partial charge < -0.3 is 20.3 Å². The van der Waals surface area contributed by atoms with E-state index < -0.39 is 0 Å². The van der Waals surface area contributed by atoms with Crippen LogP contribution in [0.2, 0.25) is 0 Å². The predicted molar refractivity (Wildman–Crippen MR) is 170 cm³/mol. The zero-order valence-electron chi connectivity index (χ0n) is 26.1.